The van der Waals surface area contributed by atoms with Gasteiger partial charge in [-0.05, 0) is 0 Å². The van der Waals surface area contributed by atoms with Gasteiger partial charge < -0.3 is 0 Å². The topological polar surface area (TPSA) is 0 Å². The molecule has 16 heteroatoms. The smallest absolute Gasteiger partial charge is 0.222 e. The minimum Gasteiger partial charge on any atom is -0.222 e. The van der Waals surface area contributed by atoms with Gasteiger partial charge in [-0.2, -0.15) is 65.9 Å². The third-order valence-corrected chi connectivity index (χ3v) is 2.37. The average molecular weight is 388 g/mol. The third kappa shape index (κ3) is 2.66. The predicted octanol–water partition coefficient (Wildman–Crippen LogP) is 5.29. The van der Waals surface area contributed by atoms with Gasteiger partial charge in [-0.15, -0.1) is 0 Å². The van der Waals surface area contributed by atoms with Gasteiger partial charge >= 0.3 is 42.0 Å². The molecule has 0 spiro atoms. The van der Waals surface area contributed by atoms with Crippen LogP contribution in [-0.4, -0.2) is 42.0 Å². The predicted molar refractivity (Wildman–Crippen MR) is 36.8 cm³/mol. The lowest BCUT2D eigenvalue weighted by molar-refractivity contribution is -0.470. The largest absolute Gasteiger partial charge is 0.457 e. The molecule has 0 aliphatic heterocycles. The van der Waals surface area contributed by atoms with Gasteiger partial charge in [-0.25, -0.2) is 4.39 Å². The Morgan fingerprint density at radius 1 is 0.261 bits per heavy atom. The van der Waals surface area contributed by atoms with Gasteiger partial charge in [-0.3, -0.25) is 0 Å². The number of alkyl halides is 16. The molecule has 0 atom stereocenters. The molecule has 0 aromatic heterocycles. The summed E-state index contributed by atoms with van der Waals surface area (Å²) >= 11 is 0. The van der Waals surface area contributed by atoms with Gasteiger partial charge in [0.2, 0.25) is 0 Å². The first-order chi connectivity index (χ1) is 9.50. The number of halogens is 16. The highest BCUT2D eigenvalue weighted by Gasteiger charge is 2.97. The second-order valence-corrected chi connectivity index (χ2v) is 3.87. The Kier molecular flexibility index (Phi) is 4.70. The fraction of sp³-hybridized carbons (Fsp3) is 1.00. The zero-order valence-corrected chi connectivity index (χ0v) is 9.55. The lowest BCUT2D eigenvalue weighted by Crippen LogP contribution is -2.77. The monoisotopic (exact) mass is 388 g/mol. The van der Waals surface area contributed by atoms with Crippen LogP contribution in [0.3, 0.4) is 0 Å². The van der Waals surface area contributed by atoms with Crippen LogP contribution in [-0.2, 0) is 0 Å². The van der Waals surface area contributed by atoms with Crippen molar-refractivity contribution in [3.63, 3.8) is 0 Å². The quantitative estimate of drug-likeness (QED) is 0.577. The maximum atomic E-state index is 13.2. The van der Waals surface area contributed by atoms with Crippen molar-refractivity contribution in [2.75, 3.05) is 0 Å². The van der Waals surface area contributed by atoms with E-state index in [-0.39, 0.29) is 0 Å². The van der Waals surface area contributed by atoms with Crippen molar-refractivity contribution in [2.24, 2.45) is 0 Å². The minimum atomic E-state index is -8.73. The molecule has 0 rings (SSSR count). The van der Waals surface area contributed by atoms with Crippen LogP contribution in [0.25, 0.3) is 0 Å². The van der Waals surface area contributed by atoms with Crippen LogP contribution in [0, 0.1) is 0 Å². The first-order valence-corrected chi connectivity index (χ1v) is 4.52. The molecule has 0 aromatic rings. The molecule has 0 aliphatic rings. The molecule has 0 radical (unpaired) electrons. The maximum absolute atomic E-state index is 13.2. The first-order valence-electron chi connectivity index (χ1n) is 4.52. The summed E-state index contributed by atoms with van der Waals surface area (Å²) in [6, 6.07) is 0. The molecule has 0 saturated carbocycles. The highest BCUT2D eigenvalue weighted by Crippen LogP contribution is 2.65. The summed E-state index contributed by atoms with van der Waals surface area (Å²) in [4.78, 5) is 0. The van der Waals surface area contributed by atoms with E-state index in [9.17, 15) is 70.2 Å². The summed E-state index contributed by atoms with van der Waals surface area (Å²) in [5, 5.41) is 0. The van der Waals surface area contributed by atoms with Crippen LogP contribution in [0.15, 0.2) is 0 Å². The highest BCUT2D eigenvalue weighted by atomic mass is 19.4. The van der Waals surface area contributed by atoms with Crippen LogP contribution in [0.5, 0.6) is 0 Å². The van der Waals surface area contributed by atoms with Gasteiger partial charge in [0.25, 0.3) is 0 Å². The molecule has 0 heterocycles. The molecule has 0 N–H and O–H groups in total. The Bertz CT molecular complexity index is 366. The van der Waals surface area contributed by atoms with Gasteiger partial charge in [-0.1, -0.05) is 0 Å². The molecule has 23 heavy (non-hydrogen) atoms. The molecule has 0 amide bonds. The first kappa shape index (κ1) is 21.9. The fourth-order valence-electron chi connectivity index (χ4n) is 1.18. The molecule has 0 fully saturated rings. The van der Waals surface area contributed by atoms with E-state index in [1.165, 1.54) is 0 Å². The Morgan fingerprint density at radius 3 is 0.478 bits per heavy atom. The molecule has 0 aromatic carbocycles. The van der Waals surface area contributed by atoms with Crippen molar-refractivity contribution in [1.29, 1.82) is 0 Å². The normalized spacial score (nSPS) is 16.7. The maximum Gasteiger partial charge on any atom is 0.457 e. The summed E-state index contributed by atoms with van der Waals surface area (Å²) in [6.45, 7) is 0. The Labute approximate surface area is 114 Å². The number of hydrogen-bond donors (Lipinski definition) is 0. The Balaban J connectivity index is 6.97. The Morgan fingerprint density at radius 2 is 0.391 bits per heavy atom. The van der Waals surface area contributed by atoms with E-state index in [2.05, 4.69) is 0 Å². The van der Waals surface area contributed by atoms with E-state index in [0.29, 0.717) is 0 Å². The third-order valence-electron chi connectivity index (χ3n) is 2.37. The van der Waals surface area contributed by atoms with Crippen LogP contribution < -0.4 is 0 Å². The highest BCUT2D eigenvalue weighted by molar-refractivity contribution is 5.18. The summed E-state index contributed by atoms with van der Waals surface area (Å²) < 4.78 is 195. The van der Waals surface area contributed by atoms with E-state index in [0.717, 1.165) is 0 Å². The summed E-state index contributed by atoms with van der Waals surface area (Å²) in [6.07, 6.45) is -23.8. The van der Waals surface area contributed by atoms with Crippen molar-refractivity contribution in [3.8, 4) is 0 Å². The van der Waals surface area contributed by atoms with Crippen molar-refractivity contribution in [1.82, 2.24) is 0 Å². The number of rotatable bonds is 3. The van der Waals surface area contributed by atoms with Crippen molar-refractivity contribution >= 4 is 0 Å². The standard InChI is InChI=1S/C7F16/c8-1(2(9,10)5(15,16)17,3(11,12)6(18,19)20)4(13,14)7(21,22)23. The molecule has 140 valence electrons. The zero-order chi connectivity index (χ0) is 19.5. The van der Waals surface area contributed by atoms with Crippen molar-refractivity contribution in [2.45, 2.75) is 42.0 Å². The van der Waals surface area contributed by atoms with Crippen LogP contribution in [0.2, 0.25) is 0 Å². The van der Waals surface area contributed by atoms with Crippen molar-refractivity contribution < 1.29 is 70.2 Å². The molecule has 0 unspecified atom stereocenters. The fourth-order valence-corrected chi connectivity index (χ4v) is 1.18. The molecular formula is C7F16. The Hall–Kier alpha value is -1.12. The van der Waals surface area contributed by atoms with Crippen LogP contribution in [0.4, 0.5) is 70.2 Å². The number of hydrogen-bond acceptors (Lipinski definition) is 0. The molecular weight excluding hydrogens is 388 g/mol. The van der Waals surface area contributed by atoms with E-state index >= 15 is 0 Å². The molecule has 0 saturated heterocycles. The van der Waals surface area contributed by atoms with Gasteiger partial charge in [0.1, 0.15) is 0 Å². The summed E-state index contributed by atoms with van der Waals surface area (Å²) in [7, 11) is 0. The van der Waals surface area contributed by atoms with E-state index in [4.69, 9.17) is 0 Å². The lowest BCUT2D eigenvalue weighted by Gasteiger charge is -2.44. The SMILES string of the molecule is FC(F)(F)C(F)(F)C(F)(C(F)(F)C(F)(F)F)C(F)(F)C(F)(F)F. The van der Waals surface area contributed by atoms with Gasteiger partial charge in [0, 0.05) is 0 Å². The zero-order valence-electron chi connectivity index (χ0n) is 9.55. The van der Waals surface area contributed by atoms with Gasteiger partial charge in [0.15, 0.2) is 0 Å². The lowest BCUT2D eigenvalue weighted by atomic mass is 9.82. The second-order valence-electron chi connectivity index (χ2n) is 3.87. The van der Waals surface area contributed by atoms with Gasteiger partial charge in [0.05, 0.1) is 0 Å². The average Bonchev–Trinajstić information content (AvgIpc) is 2.22. The van der Waals surface area contributed by atoms with E-state index in [1.807, 2.05) is 0 Å². The van der Waals surface area contributed by atoms with Crippen LogP contribution >= 0.6 is 0 Å². The second kappa shape index (κ2) is 4.94. The summed E-state index contributed by atoms with van der Waals surface area (Å²) in [5.41, 5.74) is -8.73. The summed E-state index contributed by atoms with van der Waals surface area (Å²) in [5.74, 6) is -25.3. The van der Waals surface area contributed by atoms with E-state index in [1.54, 1.807) is 0 Å². The van der Waals surface area contributed by atoms with Crippen LogP contribution in [0.1, 0.15) is 0 Å². The molecule has 0 bridgehead atoms. The molecule has 0 nitrogen and oxygen atoms in total. The van der Waals surface area contributed by atoms with Crippen molar-refractivity contribution in [3.05, 3.63) is 0 Å². The molecule has 0 aliphatic carbocycles. The minimum absolute atomic E-state index is 7.94. The van der Waals surface area contributed by atoms with E-state index < -0.39 is 42.0 Å².